The van der Waals surface area contributed by atoms with E-state index in [1.54, 1.807) is 11.3 Å². The summed E-state index contributed by atoms with van der Waals surface area (Å²) in [6.45, 7) is 4.69. The van der Waals surface area contributed by atoms with Crippen molar-refractivity contribution in [3.63, 3.8) is 0 Å². The molecule has 0 N–H and O–H groups in total. The normalized spacial score (nSPS) is 21.3. The summed E-state index contributed by atoms with van der Waals surface area (Å²) in [4.78, 5) is 18.3. The van der Waals surface area contributed by atoms with Crippen LogP contribution in [-0.4, -0.2) is 35.8 Å². The van der Waals surface area contributed by atoms with Crippen LogP contribution >= 0.6 is 23.1 Å². The molecule has 2 aliphatic heterocycles. The van der Waals surface area contributed by atoms with Gasteiger partial charge in [0.05, 0.1) is 11.0 Å². The van der Waals surface area contributed by atoms with E-state index in [-0.39, 0.29) is 12.0 Å². The summed E-state index contributed by atoms with van der Waals surface area (Å²) in [5.41, 5.74) is 1.31. The standard InChI is InChI=1S/C21H25NO2S2/c1-15-4-2-5-17(14-15)25-16-9-11-22(12-10-16)21(23)20-8-7-19(26-20)18-6-3-13-24-18/h2,4-5,7-8,14,16,18H,3,6,9-13H2,1H3/t18-/m1/s1. The molecule has 0 radical (unpaired) electrons. The number of piperidine rings is 1. The van der Waals surface area contributed by atoms with Crippen molar-refractivity contribution in [1.82, 2.24) is 4.90 Å². The molecule has 3 nitrogen and oxygen atoms in total. The highest BCUT2D eigenvalue weighted by molar-refractivity contribution is 8.00. The summed E-state index contributed by atoms with van der Waals surface area (Å²) in [6.07, 6.45) is 4.54. The van der Waals surface area contributed by atoms with Gasteiger partial charge in [-0.3, -0.25) is 4.79 Å². The van der Waals surface area contributed by atoms with Crippen LogP contribution in [0.1, 0.15) is 51.9 Å². The molecule has 1 atom stereocenters. The van der Waals surface area contributed by atoms with Crippen LogP contribution in [-0.2, 0) is 4.74 Å². The third-order valence-corrected chi connectivity index (χ3v) is 7.60. The lowest BCUT2D eigenvalue weighted by Gasteiger charge is -2.31. The number of hydrogen-bond donors (Lipinski definition) is 0. The predicted molar refractivity (Wildman–Crippen MR) is 108 cm³/mol. The number of hydrogen-bond acceptors (Lipinski definition) is 4. The van der Waals surface area contributed by atoms with Crippen molar-refractivity contribution in [1.29, 1.82) is 0 Å². The lowest BCUT2D eigenvalue weighted by Crippen LogP contribution is -2.39. The number of rotatable bonds is 4. The van der Waals surface area contributed by atoms with Crippen molar-refractivity contribution in [3.8, 4) is 0 Å². The van der Waals surface area contributed by atoms with E-state index < -0.39 is 0 Å². The van der Waals surface area contributed by atoms with Crippen LogP contribution in [0, 0.1) is 6.92 Å². The van der Waals surface area contributed by atoms with Gasteiger partial charge in [0.15, 0.2) is 0 Å². The second kappa shape index (κ2) is 8.15. The quantitative estimate of drug-likeness (QED) is 0.712. The first-order valence-corrected chi connectivity index (χ1v) is 11.1. The Kier molecular flexibility index (Phi) is 5.67. The van der Waals surface area contributed by atoms with Gasteiger partial charge in [0, 0.05) is 34.7 Å². The first kappa shape index (κ1) is 18.1. The number of thiophene rings is 1. The third-order valence-electron chi connectivity index (χ3n) is 5.11. The Morgan fingerprint density at radius 1 is 1.19 bits per heavy atom. The minimum absolute atomic E-state index is 0.193. The van der Waals surface area contributed by atoms with E-state index >= 15 is 0 Å². The molecule has 0 saturated carbocycles. The van der Waals surface area contributed by atoms with Gasteiger partial charge in [-0.05, 0) is 56.9 Å². The van der Waals surface area contributed by atoms with E-state index in [1.165, 1.54) is 15.3 Å². The Hall–Kier alpha value is -1.30. The zero-order valence-corrected chi connectivity index (χ0v) is 16.8. The third kappa shape index (κ3) is 4.16. The van der Waals surface area contributed by atoms with E-state index in [1.807, 2.05) is 22.7 Å². The average Bonchev–Trinajstić information content (AvgIpc) is 3.33. The number of likely N-dealkylation sites (tertiary alicyclic amines) is 1. The molecule has 0 unspecified atom stereocenters. The summed E-state index contributed by atoms with van der Waals surface area (Å²) in [6, 6.07) is 12.8. The van der Waals surface area contributed by atoms with E-state index in [0.29, 0.717) is 5.25 Å². The Bertz CT molecular complexity index is 759. The number of carbonyl (C=O) groups is 1. The van der Waals surface area contributed by atoms with Gasteiger partial charge in [-0.25, -0.2) is 0 Å². The van der Waals surface area contributed by atoms with Crippen molar-refractivity contribution in [2.24, 2.45) is 0 Å². The van der Waals surface area contributed by atoms with E-state index in [9.17, 15) is 4.79 Å². The number of benzene rings is 1. The van der Waals surface area contributed by atoms with Crippen LogP contribution in [0.3, 0.4) is 0 Å². The molecule has 1 aromatic carbocycles. The number of nitrogens with zero attached hydrogens (tertiary/aromatic N) is 1. The summed E-state index contributed by atoms with van der Waals surface area (Å²) < 4.78 is 5.74. The van der Waals surface area contributed by atoms with Crippen LogP contribution in [0.4, 0.5) is 0 Å². The fourth-order valence-corrected chi connectivity index (χ4v) is 5.96. The minimum atomic E-state index is 0.193. The van der Waals surface area contributed by atoms with Crippen molar-refractivity contribution in [3.05, 3.63) is 51.7 Å². The molecule has 5 heteroatoms. The summed E-state index contributed by atoms with van der Waals surface area (Å²) >= 11 is 3.57. The maximum atomic E-state index is 12.8. The van der Waals surface area contributed by atoms with E-state index in [0.717, 1.165) is 50.3 Å². The zero-order chi connectivity index (χ0) is 17.9. The lowest BCUT2D eigenvalue weighted by molar-refractivity contribution is 0.0732. The number of ether oxygens (including phenoxy) is 1. The molecular formula is C21H25NO2S2. The number of carbonyl (C=O) groups excluding carboxylic acids is 1. The van der Waals surface area contributed by atoms with Crippen LogP contribution in [0.25, 0.3) is 0 Å². The van der Waals surface area contributed by atoms with Gasteiger partial charge in [-0.1, -0.05) is 17.7 Å². The van der Waals surface area contributed by atoms with Crippen molar-refractivity contribution in [2.75, 3.05) is 19.7 Å². The van der Waals surface area contributed by atoms with Gasteiger partial charge in [-0.15, -0.1) is 23.1 Å². The summed E-state index contributed by atoms with van der Waals surface area (Å²) in [5.74, 6) is 0.193. The van der Waals surface area contributed by atoms with Gasteiger partial charge in [0.2, 0.25) is 0 Å². The first-order chi connectivity index (χ1) is 12.7. The molecule has 0 aliphatic carbocycles. The molecule has 138 valence electrons. The maximum Gasteiger partial charge on any atom is 0.263 e. The number of amides is 1. The topological polar surface area (TPSA) is 29.5 Å². The average molecular weight is 388 g/mol. The van der Waals surface area contributed by atoms with Gasteiger partial charge < -0.3 is 9.64 Å². The summed E-state index contributed by atoms with van der Waals surface area (Å²) in [5, 5.41) is 0.603. The van der Waals surface area contributed by atoms with Crippen molar-refractivity contribution in [2.45, 2.75) is 48.9 Å². The second-order valence-electron chi connectivity index (χ2n) is 7.13. The fraction of sp³-hybridized carbons (Fsp3) is 0.476. The highest BCUT2D eigenvalue weighted by atomic mass is 32.2. The van der Waals surface area contributed by atoms with E-state index in [4.69, 9.17) is 4.74 Å². The molecule has 2 aliphatic rings. The molecule has 1 aromatic heterocycles. The van der Waals surface area contributed by atoms with Gasteiger partial charge >= 0.3 is 0 Å². The van der Waals surface area contributed by atoms with Gasteiger partial charge in [-0.2, -0.15) is 0 Å². The molecule has 2 saturated heterocycles. The summed E-state index contributed by atoms with van der Waals surface area (Å²) in [7, 11) is 0. The molecule has 26 heavy (non-hydrogen) atoms. The van der Waals surface area contributed by atoms with Gasteiger partial charge in [0.1, 0.15) is 0 Å². The molecular weight excluding hydrogens is 362 g/mol. The van der Waals surface area contributed by atoms with Crippen molar-refractivity contribution < 1.29 is 9.53 Å². The maximum absolute atomic E-state index is 12.8. The van der Waals surface area contributed by atoms with Crippen LogP contribution in [0.2, 0.25) is 0 Å². The molecule has 3 heterocycles. The van der Waals surface area contributed by atoms with Crippen molar-refractivity contribution >= 4 is 29.0 Å². The van der Waals surface area contributed by atoms with Crippen LogP contribution < -0.4 is 0 Å². The minimum Gasteiger partial charge on any atom is -0.373 e. The smallest absolute Gasteiger partial charge is 0.263 e. The number of thioether (sulfide) groups is 1. The molecule has 1 amide bonds. The monoisotopic (exact) mass is 387 g/mol. The van der Waals surface area contributed by atoms with Crippen LogP contribution in [0.15, 0.2) is 41.3 Å². The Morgan fingerprint density at radius 3 is 2.77 bits per heavy atom. The second-order valence-corrected chi connectivity index (χ2v) is 9.62. The predicted octanol–water partition coefficient (Wildman–Crippen LogP) is 5.30. The molecule has 4 rings (SSSR count). The fourth-order valence-electron chi connectivity index (χ4n) is 3.66. The Morgan fingerprint density at radius 2 is 2.04 bits per heavy atom. The highest BCUT2D eigenvalue weighted by Gasteiger charge is 2.26. The largest absolute Gasteiger partial charge is 0.373 e. The molecule has 2 fully saturated rings. The van der Waals surface area contributed by atoms with Gasteiger partial charge in [0.25, 0.3) is 5.91 Å². The van der Waals surface area contributed by atoms with E-state index in [2.05, 4.69) is 37.3 Å². The van der Waals surface area contributed by atoms with Crippen LogP contribution in [0.5, 0.6) is 0 Å². The number of aryl methyl sites for hydroxylation is 1. The zero-order valence-electron chi connectivity index (χ0n) is 15.1. The first-order valence-electron chi connectivity index (χ1n) is 9.43. The Balaban J connectivity index is 1.32. The molecule has 0 bridgehead atoms. The lowest BCUT2D eigenvalue weighted by atomic mass is 10.1. The SMILES string of the molecule is Cc1cccc(SC2CCN(C(=O)c3ccc([C@H]4CCCO4)s3)CC2)c1. The Labute approximate surface area is 163 Å². The molecule has 0 spiro atoms. The highest BCUT2D eigenvalue weighted by Crippen LogP contribution is 2.35. The molecule has 2 aromatic rings.